The smallest absolute Gasteiger partial charge is 0.322 e. The Morgan fingerprint density at radius 1 is 1.19 bits per heavy atom. The number of Topliss-reactive ketones (excluding diaryl/α,β-unsaturated/α-hetero) is 1. The molecule has 0 saturated heterocycles. The predicted octanol–water partition coefficient (Wildman–Crippen LogP) is 4.13. The number of carbonyl (C=O) groups is 2. The Balaban J connectivity index is 2.11. The summed E-state index contributed by atoms with van der Waals surface area (Å²) in [7, 11) is 1.53. The molecular formula is C23H25N3O6. The number of ether oxygens (including phenoxy) is 2. The topological polar surface area (TPSA) is 111 Å². The molecule has 1 aliphatic heterocycles. The van der Waals surface area contributed by atoms with Gasteiger partial charge < -0.3 is 19.7 Å². The van der Waals surface area contributed by atoms with Crippen LogP contribution in [0.25, 0.3) is 0 Å². The molecule has 1 atom stereocenters. The molecule has 0 radical (unpaired) electrons. The molecule has 0 fully saturated rings. The van der Waals surface area contributed by atoms with Gasteiger partial charge in [0.2, 0.25) is 0 Å². The third kappa shape index (κ3) is 4.56. The Morgan fingerprint density at radius 2 is 1.84 bits per heavy atom. The SMILES string of the molecule is CCOc1cc([C@H]2NC(=O)N(C)C(C)=C2C(C)=O)c([N+](=O)[O-])cc1OCc1ccccc1. The number of carbonyl (C=O) groups excluding carboxylic acids is 2. The van der Waals surface area contributed by atoms with Crippen molar-refractivity contribution in [3.8, 4) is 11.5 Å². The molecule has 9 heteroatoms. The molecule has 0 spiro atoms. The van der Waals surface area contributed by atoms with Gasteiger partial charge in [-0.2, -0.15) is 0 Å². The monoisotopic (exact) mass is 439 g/mol. The average Bonchev–Trinajstić information content (AvgIpc) is 2.76. The molecule has 0 aliphatic carbocycles. The van der Waals surface area contributed by atoms with Crippen molar-refractivity contribution < 1.29 is 24.0 Å². The molecule has 1 heterocycles. The first-order valence-electron chi connectivity index (χ1n) is 10.1. The second-order valence-electron chi connectivity index (χ2n) is 7.32. The second-order valence-corrected chi connectivity index (χ2v) is 7.32. The van der Waals surface area contributed by atoms with E-state index in [4.69, 9.17) is 9.47 Å². The number of nitrogens with zero attached hydrogens (tertiary/aromatic N) is 2. The lowest BCUT2D eigenvalue weighted by atomic mass is 9.91. The van der Waals surface area contributed by atoms with Gasteiger partial charge in [-0.05, 0) is 32.4 Å². The highest BCUT2D eigenvalue weighted by molar-refractivity contribution is 5.98. The van der Waals surface area contributed by atoms with E-state index in [1.54, 1.807) is 13.8 Å². The van der Waals surface area contributed by atoms with Crippen LogP contribution < -0.4 is 14.8 Å². The molecule has 0 bridgehead atoms. The fourth-order valence-electron chi connectivity index (χ4n) is 3.60. The Hall–Kier alpha value is -3.88. The van der Waals surface area contributed by atoms with Gasteiger partial charge >= 0.3 is 6.03 Å². The molecule has 0 unspecified atom stereocenters. The number of benzene rings is 2. The molecule has 2 aromatic rings. The fraction of sp³-hybridized carbons (Fsp3) is 0.304. The number of ketones is 1. The van der Waals surface area contributed by atoms with Crippen molar-refractivity contribution in [2.24, 2.45) is 0 Å². The van der Waals surface area contributed by atoms with Crippen LogP contribution in [-0.2, 0) is 11.4 Å². The van der Waals surface area contributed by atoms with E-state index < -0.39 is 17.0 Å². The Morgan fingerprint density at radius 3 is 2.44 bits per heavy atom. The molecule has 3 rings (SSSR count). The third-order valence-electron chi connectivity index (χ3n) is 5.27. The molecule has 2 aromatic carbocycles. The number of rotatable bonds is 8. The highest BCUT2D eigenvalue weighted by atomic mass is 16.6. The number of nitro groups is 1. The summed E-state index contributed by atoms with van der Waals surface area (Å²) >= 11 is 0. The minimum absolute atomic E-state index is 0.150. The second kappa shape index (κ2) is 9.51. The van der Waals surface area contributed by atoms with Crippen LogP contribution in [-0.4, -0.2) is 35.3 Å². The van der Waals surface area contributed by atoms with Gasteiger partial charge in [0, 0.05) is 18.3 Å². The zero-order chi connectivity index (χ0) is 23.4. The maximum absolute atomic E-state index is 12.4. The number of amides is 2. The van der Waals surface area contributed by atoms with E-state index in [0.717, 1.165) is 5.56 Å². The first kappa shape index (κ1) is 22.8. The fourth-order valence-corrected chi connectivity index (χ4v) is 3.60. The van der Waals surface area contributed by atoms with Gasteiger partial charge in [-0.15, -0.1) is 0 Å². The van der Waals surface area contributed by atoms with E-state index in [1.807, 2.05) is 30.3 Å². The van der Waals surface area contributed by atoms with Crippen molar-refractivity contribution in [2.45, 2.75) is 33.4 Å². The highest BCUT2D eigenvalue weighted by Crippen LogP contribution is 2.42. The van der Waals surface area contributed by atoms with Crippen molar-refractivity contribution in [2.75, 3.05) is 13.7 Å². The summed E-state index contributed by atoms with van der Waals surface area (Å²) in [5.74, 6) is 0.198. The van der Waals surface area contributed by atoms with E-state index >= 15 is 0 Å². The number of urea groups is 1. The van der Waals surface area contributed by atoms with Gasteiger partial charge in [-0.1, -0.05) is 30.3 Å². The van der Waals surface area contributed by atoms with Crippen LogP contribution in [0.15, 0.2) is 53.7 Å². The maximum Gasteiger partial charge on any atom is 0.322 e. The Labute approximate surface area is 185 Å². The number of allylic oxidation sites excluding steroid dienone is 1. The summed E-state index contributed by atoms with van der Waals surface area (Å²) in [5, 5.41) is 14.6. The van der Waals surface area contributed by atoms with Crippen molar-refractivity contribution in [1.82, 2.24) is 10.2 Å². The minimum atomic E-state index is -0.987. The van der Waals surface area contributed by atoms with Crippen LogP contribution in [0, 0.1) is 10.1 Å². The molecule has 0 aromatic heterocycles. The lowest BCUT2D eigenvalue weighted by Crippen LogP contribution is -2.45. The van der Waals surface area contributed by atoms with Gasteiger partial charge in [0.15, 0.2) is 17.3 Å². The summed E-state index contributed by atoms with van der Waals surface area (Å²) in [6.07, 6.45) is 0. The summed E-state index contributed by atoms with van der Waals surface area (Å²) in [5.41, 5.74) is 1.47. The summed E-state index contributed by atoms with van der Waals surface area (Å²) in [6.45, 7) is 5.27. The lowest BCUT2D eigenvalue weighted by molar-refractivity contribution is -0.385. The molecule has 1 aliphatic rings. The van der Waals surface area contributed by atoms with Crippen molar-refractivity contribution in [3.05, 3.63) is 75.0 Å². The predicted molar refractivity (Wildman–Crippen MR) is 117 cm³/mol. The molecule has 32 heavy (non-hydrogen) atoms. The molecular weight excluding hydrogens is 414 g/mol. The van der Waals surface area contributed by atoms with E-state index in [9.17, 15) is 19.7 Å². The van der Waals surface area contributed by atoms with E-state index in [-0.39, 0.29) is 40.7 Å². The average molecular weight is 439 g/mol. The zero-order valence-corrected chi connectivity index (χ0v) is 18.4. The quantitative estimate of drug-likeness (QED) is 0.489. The van der Waals surface area contributed by atoms with Gasteiger partial charge in [0.1, 0.15) is 6.61 Å². The number of hydrogen-bond acceptors (Lipinski definition) is 6. The van der Waals surface area contributed by atoms with Gasteiger partial charge in [0.05, 0.1) is 29.2 Å². The molecule has 168 valence electrons. The van der Waals surface area contributed by atoms with Crippen LogP contribution in [0.5, 0.6) is 11.5 Å². The largest absolute Gasteiger partial charge is 0.490 e. The van der Waals surface area contributed by atoms with Crippen LogP contribution in [0.2, 0.25) is 0 Å². The molecule has 0 saturated carbocycles. The molecule has 1 N–H and O–H groups in total. The number of nitrogens with one attached hydrogen (secondary N) is 1. The third-order valence-corrected chi connectivity index (χ3v) is 5.27. The summed E-state index contributed by atoms with van der Waals surface area (Å²) < 4.78 is 11.5. The molecule has 2 amide bonds. The maximum atomic E-state index is 12.4. The minimum Gasteiger partial charge on any atom is -0.490 e. The summed E-state index contributed by atoms with van der Waals surface area (Å²) in [4.78, 5) is 37.5. The normalized spacial score (nSPS) is 15.9. The first-order valence-corrected chi connectivity index (χ1v) is 10.1. The van der Waals surface area contributed by atoms with Crippen LogP contribution in [0.4, 0.5) is 10.5 Å². The van der Waals surface area contributed by atoms with E-state index in [0.29, 0.717) is 12.3 Å². The Kier molecular flexibility index (Phi) is 6.77. The van der Waals surface area contributed by atoms with Gasteiger partial charge in [-0.3, -0.25) is 14.9 Å². The number of nitro benzene ring substituents is 1. The first-order chi connectivity index (χ1) is 15.2. The van der Waals surface area contributed by atoms with Gasteiger partial charge in [0.25, 0.3) is 5.69 Å². The lowest BCUT2D eigenvalue weighted by Gasteiger charge is -2.33. The summed E-state index contributed by atoms with van der Waals surface area (Å²) in [6, 6.07) is 10.7. The standard InChI is InChI=1S/C23H25N3O6/c1-5-31-19-11-17(22-21(15(3)27)14(2)25(4)23(28)24-22)18(26(29)30)12-20(19)32-13-16-9-7-6-8-10-16/h6-12,22H,5,13H2,1-4H3,(H,24,28)/t22-/m1/s1. The molecule has 9 nitrogen and oxygen atoms in total. The van der Waals surface area contributed by atoms with Gasteiger partial charge in [-0.25, -0.2) is 4.79 Å². The number of hydrogen-bond donors (Lipinski definition) is 1. The van der Waals surface area contributed by atoms with Crippen molar-refractivity contribution in [1.29, 1.82) is 0 Å². The highest BCUT2D eigenvalue weighted by Gasteiger charge is 2.37. The van der Waals surface area contributed by atoms with E-state index in [1.165, 1.54) is 31.0 Å². The Bertz CT molecular complexity index is 1080. The van der Waals surface area contributed by atoms with Crippen LogP contribution in [0.1, 0.15) is 37.9 Å². The van der Waals surface area contributed by atoms with Crippen LogP contribution in [0.3, 0.4) is 0 Å². The van der Waals surface area contributed by atoms with Crippen molar-refractivity contribution >= 4 is 17.5 Å². The van der Waals surface area contributed by atoms with E-state index in [2.05, 4.69) is 5.32 Å². The van der Waals surface area contributed by atoms with Crippen LogP contribution >= 0.6 is 0 Å². The van der Waals surface area contributed by atoms with Crippen molar-refractivity contribution in [3.63, 3.8) is 0 Å². The zero-order valence-electron chi connectivity index (χ0n) is 18.4.